The number of likely N-dealkylation sites (tertiary alicyclic amines) is 1. The summed E-state index contributed by atoms with van der Waals surface area (Å²) in [6.07, 6.45) is 2.88. The normalized spacial score (nSPS) is 32.4. The van der Waals surface area contributed by atoms with E-state index in [1.807, 2.05) is 6.92 Å². The van der Waals surface area contributed by atoms with Crippen LogP contribution in [0.3, 0.4) is 0 Å². The third kappa shape index (κ3) is 2.53. The fraction of sp³-hybridized carbons (Fsp3) is 0.846. The first kappa shape index (κ1) is 13.3. The van der Waals surface area contributed by atoms with Gasteiger partial charge >= 0.3 is 0 Å². The van der Waals surface area contributed by atoms with Crippen molar-refractivity contribution in [3.8, 4) is 0 Å². The van der Waals surface area contributed by atoms with Crippen LogP contribution < -0.4 is 0 Å². The van der Waals surface area contributed by atoms with Gasteiger partial charge in [0.2, 0.25) is 0 Å². The van der Waals surface area contributed by atoms with E-state index in [9.17, 15) is 5.11 Å². The zero-order chi connectivity index (χ0) is 12.5. The molecule has 4 heteroatoms. The number of ether oxygens (including phenoxy) is 1. The predicted molar refractivity (Wildman–Crippen MR) is 69.1 cm³/mol. The van der Waals surface area contributed by atoms with Crippen molar-refractivity contribution < 1.29 is 9.84 Å². The lowest BCUT2D eigenvalue weighted by Gasteiger charge is -2.56. The first-order valence-electron chi connectivity index (χ1n) is 6.44. The molecule has 17 heavy (non-hydrogen) atoms. The lowest BCUT2D eigenvalue weighted by atomic mass is 9.58. The summed E-state index contributed by atoms with van der Waals surface area (Å²) in [7, 11) is 0. The molecule has 1 N–H and O–H groups in total. The molecule has 1 spiro atoms. The van der Waals surface area contributed by atoms with Gasteiger partial charge in [-0.2, -0.15) is 0 Å². The lowest BCUT2D eigenvalue weighted by Crippen LogP contribution is -2.62. The highest BCUT2D eigenvalue weighted by atomic mass is 35.5. The smallest absolute Gasteiger partial charge is 0.0681 e. The third-order valence-corrected chi connectivity index (χ3v) is 4.41. The topological polar surface area (TPSA) is 32.7 Å². The Bertz CT molecular complexity index is 285. The Kier molecular flexibility index (Phi) is 4.14. The molecule has 1 aliphatic heterocycles. The number of aliphatic hydroxyl groups is 1. The highest BCUT2D eigenvalue weighted by molar-refractivity contribution is 6.29. The molecular weight excluding hydrogens is 238 g/mol. The first-order chi connectivity index (χ1) is 8.08. The molecule has 0 radical (unpaired) electrons. The van der Waals surface area contributed by atoms with Crippen LogP contribution in [0.5, 0.6) is 0 Å². The zero-order valence-electron chi connectivity index (χ0n) is 10.5. The molecule has 2 atom stereocenters. The SMILES string of the molecule is C=C(Cl)CN1CCC2(CC1)[C@H](O)C[C@@H]2OCC. The van der Waals surface area contributed by atoms with Crippen LogP contribution in [0, 0.1) is 5.41 Å². The minimum atomic E-state index is -0.180. The molecule has 1 saturated carbocycles. The lowest BCUT2D eigenvalue weighted by molar-refractivity contribution is -0.209. The summed E-state index contributed by atoms with van der Waals surface area (Å²) in [5.74, 6) is 0. The second-order valence-corrected chi connectivity index (χ2v) is 5.76. The van der Waals surface area contributed by atoms with Gasteiger partial charge in [-0.1, -0.05) is 18.2 Å². The van der Waals surface area contributed by atoms with E-state index in [1.165, 1.54) is 0 Å². The number of nitrogens with zero attached hydrogens (tertiary/aromatic N) is 1. The van der Waals surface area contributed by atoms with Crippen LogP contribution >= 0.6 is 11.6 Å². The molecule has 0 aromatic carbocycles. The van der Waals surface area contributed by atoms with Crippen molar-refractivity contribution in [1.82, 2.24) is 4.90 Å². The van der Waals surface area contributed by atoms with Gasteiger partial charge in [-0.05, 0) is 32.9 Å². The van der Waals surface area contributed by atoms with Gasteiger partial charge in [-0.25, -0.2) is 0 Å². The maximum absolute atomic E-state index is 10.0. The van der Waals surface area contributed by atoms with E-state index in [0.717, 1.165) is 45.5 Å². The molecule has 2 aliphatic rings. The van der Waals surface area contributed by atoms with Gasteiger partial charge in [0.15, 0.2) is 0 Å². The molecule has 0 amide bonds. The summed E-state index contributed by atoms with van der Waals surface area (Å²) in [4.78, 5) is 2.30. The van der Waals surface area contributed by atoms with Crippen LogP contribution in [-0.4, -0.2) is 48.5 Å². The number of halogens is 1. The summed E-state index contributed by atoms with van der Waals surface area (Å²) in [5, 5.41) is 10.7. The molecule has 2 rings (SSSR count). The molecule has 0 aromatic heterocycles. The highest BCUT2D eigenvalue weighted by Gasteiger charge is 2.55. The highest BCUT2D eigenvalue weighted by Crippen LogP contribution is 2.50. The van der Waals surface area contributed by atoms with E-state index in [1.54, 1.807) is 0 Å². The van der Waals surface area contributed by atoms with Gasteiger partial charge in [0.1, 0.15) is 0 Å². The van der Waals surface area contributed by atoms with E-state index in [-0.39, 0.29) is 17.6 Å². The third-order valence-electron chi connectivity index (χ3n) is 4.29. The predicted octanol–water partition coefficient (Wildman–Crippen LogP) is 1.99. The summed E-state index contributed by atoms with van der Waals surface area (Å²) < 4.78 is 5.74. The molecule has 1 heterocycles. The zero-order valence-corrected chi connectivity index (χ0v) is 11.2. The van der Waals surface area contributed by atoms with Crippen LogP contribution in [0.1, 0.15) is 26.2 Å². The van der Waals surface area contributed by atoms with Crippen molar-refractivity contribution in [3.63, 3.8) is 0 Å². The Morgan fingerprint density at radius 3 is 2.65 bits per heavy atom. The van der Waals surface area contributed by atoms with Crippen molar-refractivity contribution >= 4 is 11.6 Å². The number of aliphatic hydroxyl groups excluding tert-OH is 1. The molecule has 2 fully saturated rings. The van der Waals surface area contributed by atoms with Crippen LogP contribution in [-0.2, 0) is 4.74 Å². The summed E-state index contributed by atoms with van der Waals surface area (Å²) in [6, 6.07) is 0. The van der Waals surface area contributed by atoms with E-state index in [2.05, 4.69) is 11.5 Å². The van der Waals surface area contributed by atoms with Crippen LogP contribution in [0.25, 0.3) is 0 Å². The Morgan fingerprint density at radius 2 is 2.18 bits per heavy atom. The monoisotopic (exact) mass is 259 g/mol. The number of rotatable bonds is 4. The molecule has 3 nitrogen and oxygen atoms in total. The maximum atomic E-state index is 10.0. The van der Waals surface area contributed by atoms with Gasteiger partial charge in [0.05, 0.1) is 12.2 Å². The quantitative estimate of drug-likeness (QED) is 0.838. The second-order valence-electron chi connectivity index (χ2n) is 5.22. The first-order valence-corrected chi connectivity index (χ1v) is 6.81. The molecule has 0 unspecified atom stereocenters. The molecule has 0 aromatic rings. The number of piperidine rings is 1. The number of hydrogen-bond donors (Lipinski definition) is 1. The van der Waals surface area contributed by atoms with Crippen molar-refractivity contribution in [1.29, 1.82) is 0 Å². The largest absolute Gasteiger partial charge is 0.392 e. The van der Waals surface area contributed by atoms with Crippen molar-refractivity contribution in [2.24, 2.45) is 5.41 Å². The van der Waals surface area contributed by atoms with E-state index in [4.69, 9.17) is 16.3 Å². The van der Waals surface area contributed by atoms with Crippen molar-refractivity contribution in [2.75, 3.05) is 26.2 Å². The second kappa shape index (κ2) is 5.27. The average Bonchev–Trinajstić information content (AvgIpc) is 2.29. The summed E-state index contributed by atoms with van der Waals surface area (Å²) >= 11 is 5.83. The van der Waals surface area contributed by atoms with E-state index in [0.29, 0.717) is 5.03 Å². The minimum absolute atomic E-state index is 0.0140. The Balaban J connectivity index is 1.90. The molecular formula is C13H22ClNO2. The van der Waals surface area contributed by atoms with Gasteiger partial charge in [-0.3, -0.25) is 4.90 Å². The van der Waals surface area contributed by atoms with Crippen LogP contribution in [0.15, 0.2) is 11.6 Å². The summed E-state index contributed by atoms with van der Waals surface area (Å²) in [5.41, 5.74) is 0.0140. The molecule has 98 valence electrons. The minimum Gasteiger partial charge on any atom is -0.392 e. The number of hydrogen-bond acceptors (Lipinski definition) is 3. The van der Waals surface area contributed by atoms with Gasteiger partial charge in [0, 0.05) is 30.0 Å². The molecule has 1 aliphatic carbocycles. The van der Waals surface area contributed by atoms with Crippen molar-refractivity contribution in [3.05, 3.63) is 11.6 Å². The van der Waals surface area contributed by atoms with Crippen LogP contribution in [0.4, 0.5) is 0 Å². The van der Waals surface area contributed by atoms with Crippen LogP contribution in [0.2, 0.25) is 0 Å². The molecule has 0 bridgehead atoms. The van der Waals surface area contributed by atoms with Crippen molar-refractivity contribution in [2.45, 2.75) is 38.4 Å². The van der Waals surface area contributed by atoms with Gasteiger partial charge < -0.3 is 9.84 Å². The van der Waals surface area contributed by atoms with Gasteiger partial charge in [0.25, 0.3) is 0 Å². The van der Waals surface area contributed by atoms with Gasteiger partial charge in [-0.15, -0.1) is 0 Å². The fourth-order valence-corrected chi connectivity index (χ4v) is 3.36. The average molecular weight is 260 g/mol. The standard InChI is InChI=1S/C13H22ClNO2/c1-3-17-12-8-11(16)13(12)4-6-15(7-5-13)9-10(2)14/h11-12,16H,2-9H2,1H3/t11-,12+/m1/s1. The Morgan fingerprint density at radius 1 is 1.53 bits per heavy atom. The van der Waals surface area contributed by atoms with E-state index >= 15 is 0 Å². The maximum Gasteiger partial charge on any atom is 0.0681 e. The summed E-state index contributed by atoms with van der Waals surface area (Å²) in [6.45, 7) is 9.20. The Labute approximate surface area is 108 Å². The van der Waals surface area contributed by atoms with E-state index < -0.39 is 0 Å². The molecule has 1 saturated heterocycles. The Hall–Kier alpha value is -0.0900. The fourth-order valence-electron chi connectivity index (χ4n) is 3.19.